The Morgan fingerprint density at radius 1 is 1.16 bits per heavy atom. The zero-order chi connectivity index (χ0) is 22.7. The first kappa shape index (κ1) is 21.9. The van der Waals surface area contributed by atoms with Crippen LogP contribution in [0, 0.1) is 6.92 Å². The van der Waals surface area contributed by atoms with E-state index >= 15 is 0 Å². The Morgan fingerprint density at radius 3 is 2.66 bits per heavy atom. The third-order valence-corrected chi connectivity index (χ3v) is 5.96. The average molecular weight is 458 g/mol. The van der Waals surface area contributed by atoms with Crippen molar-refractivity contribution in [1.82, 2.24) is 25.0 Å². The average Bonchev–Trinajstić information content (AvgIpc) is 3.39. The molecule has 4 aromatic rings. The van der Waals surface area contributed by atoms with Crippen LogP contribution in [0.3, 0.4) is 0 Å². The first-order chi connectivity index (χ1) is 15.4. The summed E-state index contributed by atoms with van der Waals surface area (Å²) in [7, 11) is 0. The van der Waals surface area contributed by atoms with Crippen molar-refractivity contribution < 1.29 is 18.1 Å². The van der Waals surface area contributed by atoms with E-state index < -0.39 is 12.5 Å². The van der Waals surface area contributed by atoms with Crippen LogP contribution in [-0.4, -0.2) is 32.1 Å². The highest BCUT2D eigenvalue weighted by Crippen LogP contribution is 2.28. The highest BCUT2D eigenvalue weighted by atomic mass is 32.2. The summed E-state index contributed by atoms with van der Waals surface area (Å²) in [6.07, 6.45) is 0. The number of hydrogen-bond donors (Lipinski definition) is 1. The number of alkyl halides is 2. The molecule has 0 aliphatic heterocycles. The van der Waals surface area contributed by atoms with Crippen LogP contribution in [0.5, 0.6) is 0 Å². The molecule has 0 saturated carbocycles. The van der Waals surface area contributed by atoms with Gasteiger partial charge in [-0.15, -0.1) is 11.8 Å². The van der Waals surface area contributed by atoms with E-state index in [1.807, 2.05) is 12.1 Å². The van der Waals surface area contributed by atoms with Crippen molar-refractivity contribution in [1.29, 1.82) is 0 Å². The number of para-hydroxylation sites is 2. The molecule has 0 spiro atoms. The number of imidazole rings is 1. The second kappa shape index (κ2) is 9.47. The molecule has 1 amide bonds. The Balaban J connectivity index is 1.46. The third-order valence-electron chi connectivity index (χ3n) is 4.89. The minimum atomic E-state index is -2.72. The third kappa shape index (κ3) is 4.64. The minimum Gasteiger partial charge on any atom is -0.351 e. The Morgan fingerprint density at radius 2 is 1.91 bits per heavy atom. The fraction of sp³-hybridized carbons (Fsp3) is 0.273. The zero-order valence-electron chi connectivity index (χ0n) is 17.5. The predicted octanol–water partition coefficient (Wildman–Crippen LogP) is 4.95. The van der Waals surface area contributed by atoms with E-state index in [2.05, 4.69) is 20.4 Å². The summed E-state index contributed by atoms with van der Waals surface area (Å²) in [6, 6.07) is 13.9. The largest absolute Gasteiger partial charge is 0.351 e. The van der Waals surface area contributed by atoms with Crippen LogP contribution in [-0.2, 0) is 5.75 Å². The molecule has 0 aliphatic carbocycles. The Bertz CT molecular complexity index is 1240. The van der Waals surface area contributed by atoms with Crippen LogP contribution >= 0.6 is 11.8 Å². The summed E-state index contributed by atoms with van der Waals surface area (Å²) in [5.74, 6) is 1.01. The molecule has 2 aromatic heterocycles. The van der Waals surface area contributed by atoms with Gasteiger partial charge in [-0.2, -0.15) is 13.8 Å². The number of carbonyl (C=O) groups excluding carboxylic acids is 1. The molecule has 166 valence electrons. The maximum absolute atomic E-state index is 13.7. The van der Waals surface area contributed by atoms with Gasteiger partial charge in [-0.1, -0.05) is 36.3 Å². The first-order valence-electron chi connectivity index (χ1n) is 9.98. The van der Waals surface area contributed by atoms with Crippen molar-refractivity contribution in [2.75, 3.05) is 6.54 Å². The number of amides is 1. The van der Waals surface area contributed by atoms with Crippen LogP contribution in [0.4, 0.5) is 8.78 Å². The molecular weight excluding hydrogens is 436 g/mol. The number of fused-ring (bicyclic) bond motifs is 1. The topological polar surface area (TPSA) is 85.8 Å². The maximum atomic E-state index is 13.7. The molecule has 2 heterocycles. The van der Waals surface area contributed by atoms with Crippen molar-refractivity contribution in [3.8, 4) is 0 Å². The van der Waals surface area contributed by atoms with Crippen molar-refractivity contribution in [3.63, 3.8) is 0 Å². The zero-order valence-corrected chi connectivity index (χ0v) is 18.3. The quantitative estimate of drug-likeness (QED) is 0.377. The summed E-state index contributed by atoms with van der Waals surface area (Å²) >= 11 is 1.42. The summed E-state index contributed by atoms with van der Waals surface area (Å²) in [5.41, 5.74) is 1.36. The van der Waals surface area contributed by atoms with E-state index in [0.717, 1.165) is 9.46 Å². The second-order valence-electron chi connectivity index (χ2n) is 7.23. The van der Waals surface area contributed by atoms with Gasteiger partial charge in [-0.05, 0) is 24.3 Å². The molecule has 7 nitrogen and oxygen atoms in total. The second-order valence-corrected chi connectivity index (χ2v) is 8.25. The van der Waals surface area contributed by atoms with E-state index in [1.165, 1.54) is 11.8 Å². The van der Waals surface area contributed by atoms with Gasteiger partial charge >= 0.3 is 6.55 Å². The van der Waals surface area contributed by atoms with E-state index in [9.17, 15) is 13.6 Å². The monoisotopic (exact) mass is 457 g/mol. The molecule has 2 aromatic carbocycles. The number of aromatic nitrogens is 4. The summed E-state index contributed by atoms with van der Waals surface area (Å²) in [4.78, 5) is 22.2. The fourth-order valence-corrected chi connectivity index (χ4v) is 4.26. The summed E-state index contributed by atoms with van der Waals surface area (Å²) in [5, 5.41) is 6.71. The predicted molar refractivity (Wildman–Crippen MR) is 117 cm³/mol. The Kier molecular flexibility index (Phi) is 6.50. The van der Waals surface area contributed by atoms with Crippen LogP contribution in [0.25, 0.3) is 11.0 Å². The normalized spacial score (nSPS) is 12.4. The number of thioether (sulfide) groups is 1. The molecule has 10 heteroatoms. The Hall–Kier alpha value is -3.27. The van der Waals surface area contributed by atoms with Gasteiger partial charge in [0.1, 0.15) is 5.82 Å². The first-order valence-corrected chi connectivity index (χ1v) is 11.0. The van der Waals surface area contributed by atoms with Crippen LogP contribution in [0.15, 0.2) is 57.9 Å². The number of benzene rings is 2. The standard InChI is InChI=1S/C22H21F2N5O2S/c1-13(20-27-16-8-4-5-9-17(16)29(20)22(23)24)11-25-21(30)15-7-3-6-10-18(15)32-12-19-26-14(2)31-28-19/h3-10,13,22H,11-12H2,1-2H3,(H,25,30)/t13-/m0/s1. The van der Waals surface area contributed by atoms with E-state index in [4.69, 9.17) is 4.52 Å². The van der Waals surface area contributed by atoms with Crippen molar-refractivity contribution in [3.05, 3.63) is 71.6 Å². The summed E-state index contributed by atoms with van der Waals surface area (Å²) < 4.78 is 33.3. The molecule has 4 rings (SSSR count). The van der Waals surface area contributed by atoms with Crippen LogP contribution < -0.4 is 5.32 Å². The molecule has 1 N–H and O–H groups in total. The molecule has 1 atom stereocenters. The SMILES string of the molecule is Cc1nc(CSc2ccccc2C(=O)NC[C@H](C)c2nc3ccccc3n2C(F)F)no1. The van der Waals surface area contributed by atoms with Gasteiger partial charge in [0.05, 0.1) is 22.3 Å². The molecule has 0 radical (unpaired) electrons. The lowest BCUT2D eigenvalue weighted by molar-refractivity contribution is 0.0704. The highest BCUT2D eigenvalue weighted by Gasteiger charge is 2.22. The Labute approximate surface area is 187 Å². The number of aryl methyl sites for hydroxylation is 1. The molecule has 0 unspecified atom stereocenters. The lowest BCUT2D eigenvalue weighted by atomic mass is 10.1. The minimum absolute atomic E-state index is 0.165. The van der Waals surface area contributed by atoms with Crippen LogP contribution in [0.1, 0.15) is 47.3 Å². The molecule has 0 aliphatic rings. The van der Waals surface area contributed by atoms with Crippen molar-refractivity contribution >= 4 is 28.7 Å². The number of rotatable bonds is 8. The van der Waals surface area contributed by atoms with Gasteiger partial charge in [0.2, 0.25) is 5.89 Å². The molecule has 32 heavy (non-hydrogen) atoms. The van der Waals surface area contributed by atoms with Gasteiger partial charge in [0.25, 0.3) is 5.91 Å². The number of hydrogen-bond acceptors (Lipinski definition) is 6. The number of halogens is 2. The lowest BCUT2D eigenvalue weighted by Crippen LogP contribution is -2.29. The van der Waals surface area contributed by atoms with Gasteiger partial charge in [0, 0.05) is 24.3 Å². The lowest BCUT2D eigenvalue weighted by Gasteiger charge is -2.15. The molecule has 0 fully saturated rings. The van der Waals surface area contributed by atoms with Gasteiger partial charge in [-0.3, -0.25) is 9.36 Å². The molecule has 0 saturated heterocycles. The van der Waals surface area contributed by atoms with Gasteiger partial charge < -0.3 is 9.84 Å². The van der Waals surface area contributed by atoms with E-state index in [0.29, 0.717) is 34.1 Å². The molecular formula is C22H21F2N5O2S. The fourth-order valence-electron chi connectivity index (χ4n) is 3.37. The van der Waals surface area contributed by atoms with Crippen LogP contribution in [0.2, 0.25) is 0 Å². The summed E-state index contributed by atoms with van der Waals surface area (Å²) in [6.45, 7) is 0.922. The maximum Gasteiger partial charge on any atom is 0.320 e. The number of nitrogens with zero attached hydrogens (tertiary/aromatic N) is 4. The number of carbonyl (C=O) groups is 1. The van der Waals surface area contributed by atoms with Gasteiger partial charge in [0.15, 0.2) is 5.82 Å². The van der Waals surface area contributed by atoms with Crippen molar-refractivity contribution in [2.45, 2.75) is 37.0 Å². The van der Waals surface area contributed by atoms with E-state index in [1.54, 1.807) is 50.2 Å². The van der Waals surface area contributed by atoms with E-state index in [-0.39, 0.29) is 18.3 Å². The smallest absolute Gasteiger partial charge is 0.320 e. The highest BCUT2D eigenvalue weighted by molar-refractivity contribution is 7.98. The number of nitrogens with one attached hydrogen (secondary N) is 1. The van der Waals surface area contributed by atoms with Gasteiger partial charge in [-0.25, -0.2) is 4.98 Å². The molecule has 0 bridgehead atoms. The van der Waals surface area contributed by atoms with Crippen molar-refractivity contribution in [2.24, 2.45) is 0 Å².